The largest absolute Gasteiger partial charge is 0.497 e. The second-order valence-electron chi connectivity index (χ2n) is 6.01. The molecule has 1 amide bonds. The Labute approximate surface area is 154 Å². The summed E-state index contributed by atoms with van der Waals surface area (Å²) in [4.78, 5) is 20.2. The number of carbonyl (C=O) groups is 1. The van der Waals surface area contributed by atoms with E-state index >= 15 is 0 Å². The predicted octanol–water partition coefficient (Wildman–Crippen LogP) is 4.61. The van der Waals surface area contributed by atoms with E-state index < -0.39 is 0 Å². The maximum Gasteiger partial charge on any atom is 0.265 e. The third kappa shape index (κ3) is 3.48. The number of nitrogens with one attached hydrogen (secondary N) is 1. The quantitative estimate of drug-likeness (QED) is 0.726. The van der Waals surface area contributed by atoms with Gasteiger partial charge < -0.3 is 15.0 Å². The summed E-state index contributed by atoms with van der Waals surface area (Å²) in [5.41, 5.74) is 1.68. The number of carbonyl (C=O) groups excluding carboxylic acids is 1. The zero-order valence-corrected chi connectivity index (χ0v) is 15.6. The Morgan fingerprint density at radius 2 is 1.92 bits per heavy atom. The number of ether oxygens (including phenoxy) is 1. The van der Waals surface area contributed by atoms with Crippen molar-refractivity contribution in [2.24, 2.45) is 0 Å². The van der Waals surface area contributed by atoms with Crippen molar-refractivity contribution in [1.82, 2.24) is 4.98 Å². The highest BCUT2D eigenvalue weighted by Gasteiger charge is 2.18. The normalized spacial score (nSPS) is 14.7. The number of anilines is 2. The number of thiophene rings is 1. The van der Waals surface area contributed by atoms with Gasteiger partial charge >= 0.3 is 0 Å². The van der Waals surface area contributed by atoms with Crippen LogP contribution in [0.3, 0.4) is 0 Å². The van der Waals surface area contributed by atoms with E-state index in [0.29, 0.717) is 4.88 Å². The summed E-state index contributed by atoms with van der Waals surface area (Å²) >= 11 is 3.20. The lowest BCUT2D eigenvalue weighted by Crippen LogP contribution is -2.29. The van der Waals surface area contributed by atoms with Crippen LogP contribution in [0.4, 0.5) is 10.8 Å². The first-order valence-corrected chi connectivity index (χ1v) is 9.97. The second kappa shape index (κ2) is 7.01. The number of aromatic nitrogens is 1. The average Bonchev–Trinajstić information content (AvgIpc) is 3.22. The first-order chi connectivity index (χ1) is 12.2. The molecule has 130 valence electrons. The monoisotopic (exact) mass is 373 g/mol. The number of amides is 1. The molecule has 1 aliphatic rings. The van der Waals surface area contributed by atoms with Crippen LogP contribution in [0.1, 0.15) is 28.9 Å². The van der Waals surface area contributed by atoms with E-state index in [2.05, 4.69) is 10.2 Å². The number of hydrogen-bond acceptors (Lipinski definition) is 6. The Morgan fingerprint density at radius 1 is 1.16 bits per heavy atom. The van der Waals surface area contributed by atoms with Gasteiger partial charge in [-0.05, 0) is 49.6 Å². The number of thiazole rings is 1. The molecule has 1 saturated heterocycles. The lowest BCUT2D eigenvalue weighted by molar-refractivity contribution is 0.103. The maximum atomic E-state index is 12.5. The number of benzene rings is 1. The van der Waals surface area contributed by atoms with E-state index in [0.717, 1.165) is 39.2 Å². The van der Waals surface area contributed by atoms with Gasteiger partial charge in [0.25, 0.3) is 5.91 Å². The molecular formula is C18H19N3O2S2. The molecule has 3 heterocycles. The van der Waals surface area contributed by atoms with Gasteiger partial charge in [0.1, 0.15) is 9.76 Å². The zero-order chi connectivity index (χ0) is 17.2. The number of rotatable bonds is 4. The zero-order valence-electron chi connectivity index (χ0n) is 13.9. The summed E-state index contributed by atoms with van der Waals surface area (Å²) in [5.74, 6) is 0.670. The number of hydrogen-bond donors (Lipinski definition) is 1. The fourth-order valence-electron chi connectivity index (χ4n) is 2.92. The minimum Gasteiger partial charge on any atom is -0.497 e. The SMILES string of the molecule is COc1ccc(NC(=O)c2cc3nc(N4CCCCC4)sc3s2)cc1. The molecule has 0 radical (unpaired) electrons. The van der Waals surface area contributed by atoms with Crippen LogP contribution in [0.2, 0.25) is 0 Å². The molecule has 0 unspecified atom stereocenters. The molecule has 1 N–H and O–H groups in total. The van der Waals surface area contributed by atoms with Crippen molar-refractivity contribution in [1.29, 1.82) is 0 Å². The highest BCUT2D eigenvalue weighted by molar-refractivity contribution is 7.40. The molecule has 0 bridgehead atoms. The summed E-state index contributed by atoms with van der Waals surface area (Å²) in [6.45, 7) is 2.18. The van der Waals surface area contributed by atoms with Crippen LogP contribution < -0.4 is 15.0 Å². The van der Waals surface area contributed by atoms with Crippen molar-refractivity contribution in [3.05, 3.63) is 35.2 Å². The Kier molecular flexibility index (Phi) is 4.59. The van der Waals surface area contributed by atoms with Crippen molar-refractivity contribution < 1.29 is 9.53 Å². The van der Waals surface area contributed by atoms with Crippen molar-refractivity contribution in [3.8, 4) is 5.75 Å². The smallest absolute Gasteiger partial charge is 0.265 e. The van der Waals surface area contributed by atoms with Crippen LogP contribution in [0.5, 0.6) is 5.75 Å². The Hall–Kier alpha value is -2.12. The number of nitrogens with zero attached hydrogens (tertiary/aromatic N) is 2. The van der Waals surface area contributed by atoms with Gasteiger partial charge in [0, 0.05) is 18.8 Å². The molecule has 2 aromatic heterocycles. The summed E-state index contributed by atoms with van der Waals surface area (Å²) in [5, 5.41) is 4.01. The topological polar surface area (TPSA) is 54.5 Å². The number of fused-ring (bicyclic) bond motifs is 1. The number of methoxy groups -OCH3 is 1. The molecule has 0 spiro atoms. The highest BCUT2D eigenvalue weighted by Crippen LogP contribution is 2.36. The van der Waals surface area contributed by atoms with E-state index in [4.69, 9.17) is 9.72 Å². The van der Waals surface area contributed by atoms with Crippen LogP contribution in [0.25, 0.3) is 9.53 Å². The van der Waals surface area contributed by atoms with Crippen LogP contribution >= 0.6 is 22.7 Å². The Balaban J connectivity index is 1.48. The molecule has 1 aliphatic heterocycles. The van der Waals surface area contributed by atoms with Crippen molar-refractivity contribution in [2.75, 3.05) is 30.4 Å². The molecule has 0 atom stereocenters. The van der Waals surface area contributed by atoms with Gasteiger partial charge in [-0.15, -0.1) is 11.3 Å². The minimum absolute atomic E-state index is 0.0973. The summed E-state index contributed by atoms with van der Waals surface area (Å²) in [6.07, 6.45) is 3.79. The summed E-state index contributed by atoms with van der Waals surface area (Å²) in [6, 6.07) is 9.21. The van der Waals surface area contributed by atoms with Gasteiger partial charge in [0.05, 0.1) is 17.5 Å². The van der Waals surface area contributed by atoms with Gasteiger partial charge in [-0.3, -0.25) is 4.79 Å². The molecule has 25 heavy (non-hydrogen) atoms. The molecule has 0 aliphatic carbocycles. The van der Waals surface area contributed by atoms with Crippen LogP contribution in [0, 0.1) is 0 Å². The molecule has 1 aromatic carbocycles. The van der Waals surface area contributed by atoms with Crippen LogP contribution in [0.15, 0.2) is 30.3 Å². The van der Waals surface area contributed by atoms with Gasteiger partial charge in [0.2, 0.25) is 0 Å². The Bertz CT molecular complexity index is 848. The average molecular weight is 374 g/mol. The van der Waals surface area contributed by atoms with Gasteiger partial charge in [-0.2, -0.15) is 0 Å². The third-order valence-electron chi connectivity index (χ3n) is 4.28. The van der Waals surface area contributed by atoms with E-state index in [1.807, 2.05) is 30.3 Å². The molecule has 4 rings (SSSR count). The van der Waals surface area contributed by atoms with E-state index in [1.165, 1.54) is 30.6 Å². The van der Waals surface area contributed by atoms with Crippen molar-refractivity contribution >= 4 is 48.9 Å². The maximum absolute atomic E-state index is 12.5. The fraction of sp³-hybridized carbons (Fsp3) is 0.333. The van der Waals surface area contributed by atoms with E-state index in [9.17, 15) is 4.79 Å². The summed E-state index contributed by atoms with van der Waals surface area (Å²) in [7, 11) is 1.62. The molecule has 0 saturated carbocycles. The molecular weight excluding hydrogens is 354 g/mol. The molecule has 5 nitrogen and oxygen atoms in total. The fourth-order valence-corrected chi connectivity index (χ4v) is 5.14. The van der Waals surface area contributed by atoms with E-state index in [1.54, 1.807) is 18.4 Å². The predicted molar refractivity (Wildman–Crippen MR) is 105 cm³/mol. The standard InChI is InChI=1S/C18H19N3O2S2/c1-23-13-7-5-12(6-8-13)19-16(22)15-11-14-17(24-15)25-18(20-14)21-9-3-2-4-10-21/h5-8,11H,2-4,9-10H2,1H3,(H,19,22). The van der Waals surface area contributed by atoms with Crippen LogP contribution in [-0.4, -0.2) is 31.1 Å². The van der Waals surface area contributed by atoms with Gasteiger partial charge in [-0.25, -0.2) is 4.98 Å². The lowest BCUT2D eigenvalue weighted by Gasteiger charge is -2.25. The minimum atomic E-state index is -0.0973. The first kappa shape index (κ1) is 16.4. The third-order valence-corrected chi connectivity index (χ3v) is 6.62. The number of piperidine rings is 1. The highest BCUT2D eigenvalue weighted by atomic mass is 32.2. The van der Waals surface area contributed by atoms with Gasteiger partial charge in [-0.1, -0.05) is 11.3 Å². The van der Waals surface area contributed by atoms with E-state index in [-0.39, 0.29) is 5.91 Å². The molecule has 1 fully saturated rings. The first-order valence-electron chi connectivity index (χ1n) is 8.33. The Morgan fingerprint density at radius 3 is 2.60 bits per heavy atom. The lowest BCUT2D eigenvalue weighted by atomic mass is 10.1. The van der Waals surface area contributed by atoms with Crippen LogP contribution in [-0.2, 0) is 0 Å². The molecule has 7 heteroatoms. The second-order valence-corrected chi connectivity index (χ2v) is 8.30. The molecule has 3 aromatic rings. The van der Waals surface area contributed by atoms with Crippen molar-refractivity contribution in [3.63, 3.8) is 0 Å². The van der Waals surface area contributed by atoms with Gasteiger partial charge in [0.15, 0.2) is 5.13 Å². The van der Waals surface area contributed by atoms with Crippen molar-refractivity contribution in [2.45, 2.75) is 19.3 Å². The summed E-state index contributed by atoms with van der Waals surface area (Å²) < 4.78 is 6.24.